The number of hydrogen-bond acceptors (Lipinski definition) is 4. The van der Waals surface area contributed by atoms with E-state index >= 15 is 0 Å². The molecule has 0 aliphatic heterocycles. The van der Waals surface area contributed by atoms with Gasteiger partial charge < -0.3 is 21.3 Å². The Labute approximate surface area is 110 Å². The fraction of sp³-hybridized carbons (Fsp3) is 0.0714. The largest absolute Gasteiger partial charge is 0.504 e. The van der Waals surface area contributed by atoms with Gasteiger partial charge in [-0.05, 0) is 29.8 Å². The van der Waals surface area contributed by atoms with E-state index in [0.29, 0.717) is 5.56 Å². The molecular formula is C14H14N2O3. The molecule has 0 saturated heterocycles. The first-order valence-corrected chi connectivity index (χ1v) is 5.70. The third-order valence-electron chi connectivity index (χ3n) is 2.70. The second kappa shape index (κ2) is 5.30. The number of phenolic OH excluding ortho intramolecular Hbond substituents is 2. The lowest BCUT2D eigenvalue weighted by atomic mass is 10.1. The number of aromatic hydroxyl groups is 2. The van der Waals surface area contributed by atoms with Crippen molar-refractivity contribution in [3.8, 4) is 11.5 Å². The van der Waals surface area contributed by atoms with Crippen molar-refractivity contribution < 1.29 is 15.0 Å². The highest BCUT2D eigenvalue weighted by molar-refractivity contribution is 5.84. The van der Waals surface area contributed by atoms with E-state index in [4.69, 9.17) is 5.73 Å². The van der Waals surface area contributed by atoms with E-state index < -0.39 is 11.9 Å². The van der Waals surface area contributed by atoms with Gasteiger partial charge in [-0.2, -0.15) is 0 Å². The Morgan fingerprint density at radius 1 is 1.05 bits per heavy atom. The Kier molecular flexibility index (Phi) is 3.56. The van der Waals surface area contributed by atoms with Gasteiger partial charge in [0.2, 0.25) is 5.91 Å². The summed E-state index contributed by atoms with van der Waals surface area (Å²) in [6, 6.07) is 12.5. The maximum atomic E-state index is 11.5. The molecule has 5 N–H and O–H groups in total. The minimum absolute atomic E-state index is 0.244. The first-order chi connectivity index (χ1) is 9.08. The Morgan fingerprint density at radius 2 is 1.74 bits per heavy atom. The monoisotopic (exact) mass is 258 g/mol. The van der Waals surface area contributed by atoms with Gasteiger partial charge in [-0.3, -0.25) is 4.79 Å². The lowest BCUT2D eigenvalue weighted by Gasteiger charge is -2.17. The quantitative estimate of drug-likeness (QED) is 0.628. The van der Waals surface area contributed by atoms with Crippen molar-refractivity contribution in [1.82, 2.24) is 0 Å². The molecule has 0 aliphatic rings. The summed E-state index contributed by atoms with van der Waals surface area (Å²) < 4.78 is 0. The number of hydrogen-bond donors (Lipinski definition) is 4. The fourth-order valence-corrected chi connectivity index (χ4v) is 1.74. The van der Waals surface area contributed by atoms with Gasteiger partial charge in [-0.15, -0.1) is 0 Å². The number of rotatable bonds is 4. The second-order valence-corrected chi connectivity index (χ2v) is 4.09. The molecule has 19 heavy (non-hydrogen) atoms. The van der Waals surface area contributed by atoms with Crippen LogP contribution in [0.3, 0.4) is 0 Å². The van der Waals surface area contributed by atoms with E-state index in [1.54, 1.807) is 12.1 Å². The fourth-order valence-electron chi connectivity index (χ4n) is 1.74. The van der Waals surface area contributed by atoms with Gasteiger partial charge in [0.1, 0.15) is 6.04 Å². The van der Waals surface area contributed by atoms with Gasteiger partial charge in [0.05, 0.1) is 0 Å². The Morgan fingerprint density at radius 3 is 2.32 bits per heavy atom. The molecule has 98 valence electrons. The number of amides is 1. The molecule has 1 amide bonds. The molecule has 2 aromatic rings. The number of carbonyl (C=O) groups is 1. The smallest absolute Gasteiger partial charge is 0.244 e. The summed E-state index contributed by atoms with van der Waals surface area (Å²) >= 11 is 0. The van der Waals surface area contributed by atoms with Crippen molar-refractivity contribution in [3.63, 3.8) is 0 Å². The Balaban J connectivity index is 2.30. The van der Waals surface area contributed by atoms with Crippen molar-refractivity contribution in [2.75, 3.05) is 5.32 Å². The highest BCUT2D eigenvalue weighted by Crippen LogP contribution is 2.29. The summed E-state index contributed by atoms with van der Waals surface area (Å²) in [5.41, 5.74) is 6.57. The SMILES string of the molecule is NC(=O)C(Nc1ccccc1)c1ccc(O)c(O)c1. The number of benzene rings is 2. The van der Waals surface area contributed by atoms with Crippen LogP contribution in [-0.2, 0) is 4.79 Å². The van der Waals surface area contributed by atoms with Gasteiger partial charge >= 0.3 is 0 Å². The summed E-state index contributed by atoms with van der Waals surface area (Å²) in [4.78, 5) is 11.5. The third-order valence-corrected chi connectivity index (χ3v) is 2.70. The number of nitrogens with one attached hydrogen (secondary N) is 1. The number of anilines is 1. The van der Waals surface area contributed by atoms with E-state index in [1.807, 2.05) is 18.2 Å². The van der Waals surface area contributed by atoms with E-state index in [-0.39, 0.29) is 11.5 Å². The van der Waals surface area contributed by atoms with Crippen molar-refractivity contribution >= 4 is 11.6 Å². The minimum Gasteiger partial charge on any atom is -0.504 e. The lowest BCUT2D eigenvalue weighted by Crippen LogP contribution is -2.27. The molecule has 5 heteroatoms. The van der Waals surface area contributed by atoms with E-state index in [0.717, 1.165) is 5.69 Å². The van der Waals surface area contributed by atoms with Gasteiger partial charge in [-0.25, -0.2) is 0 Å². The highest BCUT2D eigenvalue weighted by Gasteiger charge is 2.18. The zero-order chi connectivity index (χ0) is 13.8. The minimum atomic E-state index is -0.783. The van der Waals surface area contributed by atoms with Gasteiger partial charge in [0, 0.05) is 5.69 Å². The molecule has 0 aromatic heterocycles. The first kappa shape index (κ1) is 12.8. The lowest BCUT2D eigenvalue weighted by molar-refractivity contribution is -0.118. The molecule has 0 radical (unpaired) electrons. The van der Waals surface area contributed by atoms with Crippen molar-refractivity contribution in [2.45, 2.75) is 6.04 Å². The van der Waals surface area contributed by atoms with Crippen LogP contribution in [0.4, 0.5) is 5.69 Å². The van der Waals surface area contributed by atoms with Crippen molar-refractivity contribution in [1.29, 1.82) is 0 Å². The van der Waals surface area contributed by atoms with Crippen LogP contribution in [0.5, 0.6) is 11.5 Å². The summed E-state index contributed by atoms with van der Waals surface area (Å²) in [7, 11) is 0. The molecule has 1 atom stereocenters. The average Bonchev–Trinajstić information content (AvgIpc) is 2.40. The summed E-state index contributed by atoms with van der Waals surface area (Å²) in [5.74, 6) is -1.11. The van der Waals surface area contributed by atoms with Gasteiger partial charge in [-0.1, -0.05) is 24.3 Å². The summed E-state index contributed by atoms with van der Waals surface area (Å²) in [6.45, 7) is 0. The molecule has 2 aromatic carbocycles. The summed E-state index contributed by atoms with van der Waals surface area (Å²) in [5, 5.41) is 21.7. The molecule has 0 fully saturated rings. The number of primary amides is 1. The van der Waals surface area contributed by atoms with Gasteiger partial charge in [0.15, 0.2) is 11.5 Å². The van der Waals surface area contributed by atoms with Crippen LogP contribution >= 0.6 is 0 Å². The second-order valence-electron chi connectivity index (χ2n) is 4.09. The molecule has 0 spiro atoms. The molecule has 1 unspecified atom stereocenters. The standard InChI is InChI=1S/C14H14N2O3/c15-14(19)13(16-10-4-2-1-3-5-10)9-6-7-11(17)12(18)8-9/h1-8,13,16-18H,(H2,15,19). The number of para-hydroxylation sites is 1. The van der Waals surface area contributed by atoms with Gasteiger partial charge in [0.25, 0.3) is 0 Å². The van der Waals surface area contributed by atoms with E-state index in [2.05, 4.69) is 5.32 Å². The zero-order valence-corrected chi connectivity index (χ0v) is 10.1. The highest BCUT2D eigenvalue weighted by atomic mass is 16.3. The normalized spacial score (nSPS) is 11.8. The van der Waals surface area contributed by atoms with Crippen LogP contribution in [0.15, 0.2) is 48.5 Å². The molecule has 2 rings (SSSR count). The molecule has 0 saturated carbocycles. The van der Waals surface area contributed by atoms with E-state index in [1.165, 1.54) is 18.2 Å². The number of carbonyl (C=O) groups excluding carboxylic acids is 1. The predicted molar refractivity (Wildman–Crippen MR) is 71.8 cm³/mol. The van der Waals surface area contributed by atoms with Crippen LogP contribution < -0.4 is 11.1 Å². The Hall–Kier alpha value is -2.69. The van der Waals surface area contributed by atoms with E-state index in [9.17, 15) is 15.0 Å². The molecular weight excluding hydrogens is 244 g/mol. The van der Waals surface area contributed by atoms with Crippen LogP contribution in [0, 0.1) is 0 Å². The molecule has 0 bridgehead atoms. The number of phenols is 2. The predicted octanol–water partition coefficient (Wildman–Crippen LogP) is 1.74. The van der Waals surface area contributed by atoms with Crippen molar-refractivity contribution in [2.24, 2.45) is 5.73 Å². The topological polar surface area (TPSA) is 95.6 Å². The Bertz CT molecular complexity index is 584. The van der Waals surface area contributed by atoms with Crippen LogP contribution in [0.2, 0.25) is 0 Å². The molecule has 0 heterocycles. The third kappa shape index (κ3) is 2.95. The first-order valence-electron chi connectivity index (χ1n) is 5.70. The number of nitrogens with two attached hydrogens (primary N) is 1. The van der Waals surface area contributed by atoms with Crippen LogP contribution in [0.1, 0.15) is 11.6 Å². The van der Waals surface area contributed by atoms with Crippen LogP contribution in [0.25, 0.3) is 0 Å². The molecule has 5 nitrogen and oxygen atoms in total. The van der Waals surface area contributed by atoms with Crippen LogP contribution in [-0.4, -0.2) is 16.1 Å². The summed E-state index contributed by atoms with van der Waals surface area (Å²) in [6.07, 6.45) is 0. The zero-order valence-electron chi connectivity index (χ0n) is 10.1. The average molecular weight is 258 g/mol. The molecule has 0 aliphatic carbocycles. The maximum Gasteiger partial charge on any atom is 0.244 e. The maximum absolute atomic E-state index is 11.5. The van der Waals surface area contributed by atoms with Crippen molar-refractivity contribution in [3.05, 3.63) is 54.1 Å².